The standard InChI is InChI=1S/C16H28N2O3/c1-15(2,3)12-5-4-9-18(10-6-12)14(21)17-11-16(7-8-16)13(19)20/h12H,4-11H2,1-3H3,(H,17,21)(H,19,20). The molecule has 1 atom stereocenters. The third kappa shape index (κ3) is 3.89. The average molecular weight is 296 g/mol. The van der Waals surface area contributed by atoms with E-state index in [1.54, 1.807) is 0 Å². The Bertz CT molecular complexity index is 410. The van der Waals surface area contributed by atoms with Gasteiger partial charge in [-0.2, -0.15) is 0 Å². The van der Waals surface area contributed by atoms with Crippen LogP contribution in [0, 0.1) is 16.7 Å². The van der Waals surface area contributed by atoms with E-state index in [4.69, 9.17) is 5.11 Å². The number of likely N-dealkylation sites (tertiary alicyclic amines) is 1. The molecule has 120 valence electrons. The van der Waals surface area contributed by atoms with Crippen LogP contribution in [-0.2, 0) is 4.79 Å². The summed E-state index contributed by atoms with van der Waals surface area (Å²) in [7, 11) is 0. The Kier molecular flexibility index (Phi) is 4.49. The van der Waals surface area contributed by atoms with Crippen molar-refractivity contribution >= 4 is 12.0 Å². The topological polar surface area (TPSA) is 69.6 Å². The Balaban J connectivity index is 1.82. The molecule has 1 saturated carbocycles. The number of urea groups is 1. The molecule has 0 aromatic heterocycles. The van der Waals surface area contributed by atoms with Crippen molar-refractivity contribution in [3.63, 3.8) is 0 Å². The van der Waals surface area contributed by atoms with E-state index in [1.165, 1.54) is 0 Å². The Labute approximate surface area is 127 Å². The molecule has 1 heterocycles. The molecule has 21 heavy (non-hydrogen) atoms. The van der Waals surface area contributed by atoms with Gasteiger partial charge in [0.05, 0.1) is 5.41 Å². The minimum Gasteiger partial charge on any atom is -0.481 e. The summed E-state index contributed by atoms with van der Waals surface area (Å²) in [6.07, 6.45) is 4.57. The van der Waals surface area contributed by atoms with Crippen molar-refractivity contribution in [3.8, 4) is 0 Å². The molecule has 0 bridgehead atoms. The van der Waals surface area contributed by atoms with Gasteiger partial charge in [-0.1, -0.05) is 20.8 Å². The molecule has 0 spiro atoms. The van der Waals surface area contributed by atoms with Crippen LogP contribution in [0.15, 0.2) is 0 Å². The first-order valence-electron chi connectivity index (χ1n) is 8.01. The highest BCUT2D eigenvalue weighted by Crippen LogP contribution is 2.45. The third-order valence-electron chi connectivity index (χ3n) is 5.13. The minimum atomic E-state index is -0.786. The lowest BCUT2D eigenvalue weighted by atomic mass is 9.77. The second-order valence-corrected chi connectivity index (χ2v) is 7.73. The number of aliphatic carboxylic acids is 1. The summed E-state index contributed by atoms with van der Waals surface area (Å²) in [4.78, 5) is 25.2. The second-order valence-electron chi connectivity index (χ2n) is 7.73. The first kappa shape index (κ1) is 16.1. The van der Waals surface area contributed by atoms with Crippen molar-refractivity contribution in [3.05, 3.63) is 0 Å². The molecule has 2 amide bonds. The van der Waals surface area contributed by atoms with Crippen LogP contribution in [0.5, 0.6) is 0 Å². The third-order valence-corrected chi connectivity index (χ3v) is 5.13. The summed E-state index contributed by atoms with van der Waals surface area (Å²) in [5.74, 6) is -0.143. The number of carbonyl (C=O) groups is 2. The molecule has 0 aromatic carbocycles. The lowest BCUT2D eigenvalue weighted by molar-refractivity contribution is -0.143. The van der Waals surface area contributed by atoms with Crippen molar-refractivity contribution in [2.75, 3.05) is 19.6 Å². The normalized spacial score (nSPS) is 25.1. The van der Waals surface area contributed by atoms with Gasteiger partial charge >= 0.3 is 12.0 Å². The largest absolute Gasteiger partial charge is 0.481 e. The monoisotopic (exact) mass is 296 g/mol. The van der Waals surface area contributed by atoms with E-state index in [1.807, 2.05) is 4.90 Å². The van der Waals surface area contributed by atoms with Crippen molar-refractivity contribution in [1.82, 2.24) is 10.2 Å². The summed E-state index contributed by atoms with van der Waals surface area (Å²) in [5.41, 5.74) is -0.399. The number of nitrogens with zero attached hydrogens (tertiary/aromatic N) is 1. The van der Waals surface area contributed by atoms with Crippen LogP contribution in [-0.4, -0.2) is 41.6 Å². The maximum Gasteiger partial charge on any atom is 0.317 e. The van der Waals surface area contributed by atoms with E-state index >= 15 is 0 Å². The Morgan fingerprint density at radius 1 is 1.24 bits per heavy atom. The molecule has 0 aromatic rings. The number of hydrogen-bond donors (Lipinski definition) is 2. The maximum atomic E-state index is 12.2. The van der Waals surface area contributed by atoms with Crippen molar-refractivity contribution in [2.45, 2.75) is 52.9 Å². The first-order chi connectivity index (χ1) is 9.74. The van der Waals surface area contributed by atoms with Gasteiger partial charge in [-0.15, -0.1) is 0 Å². The zero-order valence-corrected chi connectivity index (χ0v) is 13.4. The average Bonchev–Trinajstić information content (AvgIpc) is 3.19. The number of rotatable bonds is 3. The quantitative estimate of drug-likeness (QED) is 0.841. The smallest absolute Gasteiger partial charge is 0.317 e. The van der Waals surface area contributed by atoms with Crippen LogP contribution >= 0.6 is 0 Å². The molecular weight excluding hydrogens is 268 g/mol. The fraction of sp³-hybridized carbons (Fsp3) is 0.875. The molecule has 1 aliphatic heterocycles. The van der Waals surface area contributed by atoms with E-state index in [-0.39, 0.29) is 18.0 Å². The zero-order valence-electron chi connectivity index (χ0n) is 13.4. The number of amides is 2. The van der Waals surface area contributed by atoms with E-state index in [9.17, 15) is 9.59 Å². The maximum absolute atomic E-state index is 12.2. The molecule has 5 heteroatoms. The molecule has 2 rings (SSSR count). The van der Waals surface area contributed by atoms with E-state index < -0.39 is 11.4 Å². The molecule has 1 unspecified atom stereocenters. The predicted octanol–water partition coefficient (Wildman–Crippen LogP) is 2.71. The first-order valence-corrected chi connectivity index (χ1v) is 8.01. The number of carboxylic acid groups (broad SMARTS) is 1. The van der Waals surface area contributed by atoms with Crippen LogP contribution in [0.25, 0.3) is 0 Å². The van der Waals surface area contributed by atoms with Gasteiger partial charge in [0, 0.05) is 19.6 Å². The summed E-state index contributed by atoms with van der Waals surface area (Å²) >= 11 is 0. The number of hydrogen-bond acceptors (Lipinski definition) is 2. The zero-order chi connectivity index (χ0) is 15.7. The highest BCUT2D eigenvalue weighted by Gasteiger charge is 2.50. The molecule has 2 fully saturated rings. The lowest BCUT2D eigenvalue weighted by Crippen LogP contribution is -2.44. The highest BCUT2D eigenvalue weighted by atomic mass is 16.4. The van der Waals surface area contributed by atoms with Crippen molar-refractivity contribution in [2.24, 2.45) is 16.7 Å². The molecule has 2 aliphatic rings. The number of carbonyl (C=O) groups excluding carboxylic acids is 1. The van der Waals surface area contributed by atoms with Gasteiger partial charge in [0.1, 0.15) is 0 Å². The molecule has 5 nitrogen and oxygen atoms in total. The van der Waals surface area contributed by atoms with Gasteiger partial charge < -0.3 is 15.3 Å². The Morgan fingerprint density at radius 2 is 1.90 bits per heavy atom. The van der Waals surface area contributed by atoms with Gasteiger partial charge in [-0.05, 0) is 43.4 Å². The Morgan fingerprint density at radius 3 is 2.43 bits per heavy atom. The second kappa shape index (κ2) is 5.85. The van der Waals surface area contributed by atoms with Crippen LogP contribution in [0.3, 0.4) is 0 Å². The highest BCUT2D eigenvalue weighted by molar-refractivity contribution is 5.80. The SMILES string of the molecule is CC(C)(C)C1CCCN(C(=O)NCC2(C(=O)O)CC2)CC1. The van der Waals surface area contributed by atoms with Gasteiger partial charge in [-0.3, -0.25) is 4.79 Å². The fourth-order valence-electron chi connectivity index (χ4n) is 3.14. The lowest BCUT2D eigenvalue weighted by Gasteiger charge is -2.29. The summed E-state index contributed by atoms with van der Waals surface area (Å²) in [5, 5.41) is 12.0. The van der Waals surface area contributed by atoms with E-state index in [0.29, 0.717) is 18.8 Å². The van der Waals surface area contributed by atoms with Crippen molar-refractivity contribution < 1.29 is 14.7 Å². The number of carboxylic acids is 1. The molecule has 0 radical (unpaired) electrons. The van der Waals surface area contributed by atoms with Crippen molar-refractivity contribution in [1.29, 1.82) is 0 Å². The van der Waals surface area contributed by atoms with Crippen LogP contribution < -0.4 is 5.32 Å². The molecule has 2 N–H and O–H groups in total. The van der Waals surface area contributed by atoms with Gasteiger partial charge in [0.15, 0.2) is 0 Å². The summed E-state index contributed by atoms with van der Waals surface area (Å²) < 4.78 is 0. The van der Waals surface area contributed by atoms with E-state index in [2.05, 4.69) is 26.1 Å². The summed E-state index contributed by atoms with van der Waals surface area (Å²) in [6.45, 7) is 8.60. The Hall–Kier alpha value is -1.26. The predicted molar refractivity (Wildman–Crippen MR) is 81.1 cm³/mol. The van der Waals surface area contributed by atoms with Crippen LogP contribution in [0.4, 0.5) is 4.79 Å². The fourth-order valence-corrected chi connectivity index (χ4v) is 3.14. The summed E-state index contributed by atoms with van der Waals surface area (Å²) in [6, 6.07) is -0.0999. The van der Waals surface area contributed by atoms with Crippen LogP contribution in [0.1, 0.15) is 52.9 Å². The van der Waals surface area contributed by atoms with Gasteiger partial charge in [-0.25, -0.2) is 4.79 Å². The minimum absolute atomic E-state index is 0.0999. The molecule has 1 saturated heterocycles. The molecular formula is C16H28N2O3. The molecule has 1 aliphatic carbocycles. The van der Waals surface area contributed by atoms with Gasteiger partial charge in [0.25, 0.3) is 0 Å². The van der Waals surface area contributed by atoms with Gasteiger partial charge in [0.2, 0.25) is 0 Å². The van der Waals surface area contributed by atoms with Crippen LogP contribution in [0.2, 0.25) is 0 Å². The number of nitrogens with one attached hydrogen (secondary N) is 1. The van der Waals surface area contributed by atoms with E-state index in [0.717, 1.165) is 32.4 Å².